The molecule has 9 aliphatic heterocycles. The smallest absolute Gasteiger partial charge is 0.333 e. The van der Waals surface area contributed by atoms with Crippen LogP contribution in [0.3, 0.4) is 0 Å². The van der Waals surface area contributed by atoms with E-state index in [0.717, 1.165) is 78.4 Å². The van der Waals surface area contributed by atoms with Crippen molar-refractivity contribution >= 4 is 118 Å². The van der Waals surface area contributed by atoms with Gasteiger partial charge >= 0.3 is 11.9 Å². The Hall–Kier alpha value is -14.8. The fourth-order valence-electron chi connectivity index (χ4n) is 17.0. The number of hydrogen-bond acceptors (Lipinski definition) is 21. The molecule has 19 rings (SSSR count). The molecular weight excluding hydrogens is 1570 g/mol. The second-order valence-electron chi connectivity index (χ2n) is 31.2. The highest BCUT2D eigenvalue weighted by molar-refractivity contribution is 6.18. The van der Waals surface area contributed by atoms with Gasteiger partial charge in [-0.25, -0.2) is 4.79 Å². The summed E-state index contributed by atoms with van der Waals surface area (Å²) >= 11 is 0. The third-order valence-corrected chi connectivity index (χ3v) is 23.0. The van der Waals surface area contributed by atoms with Gasteiger partial charge in [-0.2, -0.15) is 0 Å². The number of fused-ring (bicyclic) bond motifs is 16. The quantitative estimate of drug-likeness (QED) is 0.0410. The van der Waals surface area contributed by atoms with E-state index in [0.29, 0.717) is 128 Å². The Bertz CT molecular complexity index is 6140. The summed E-state index contributed by atoms with van der Waals surface area (Å²) in [4.78, 5) is 134. The molecule has 27 heteroatoms. The van der Waals surface area contributed by atoms with E-state index in [2.05, 4.69) is 0 Å². The fourth-order valence-corrected chi connectivity index (χ4v) is 17.0. The highest BCUT2D eigenvalue weighted by atomic mass is 16.7. The van der Waals surface area contributed by atoms with Gasteiger partial charge in [0.05, 0.1) is 103 Å². The van der Waals surface area contributed by atoms with E-state index in [1.165, 1.54) is 14.2 Å². The number of ether oxygens (including phenoxy) is 8. The van der Waals surface area contributed by atoms with Crippen molar-refractivity contribution in [1.29, 1.82) is 0 Å². The lowest BCUT2D eigenvalue weighted by Gasteiger charge is -2.22. The van der Waals surface area contributed by atoms with Crippen LogP contribution in [0.4, 0.5) is 45.5 Å². The molecule has 10 aromatic carbocycles. The number of anilines is 4. The van der Waals surface area contributed by atoms with E-state index in [-0.39, 0.29) is 120 Å². The summed E-state index contributed by atoms with van der Waals surface area (Å²) < 4.78 is 49.1. The summed E-state index contributed by atoms with van der Waals surface area (Å²) in [7, 11) is 3.05. The molecule has 0 aromatic heterocycles. The molecule has 620 valence electrons. The van der Waals surface area contributed by atoms with Crippen LogP contribution in [0.5, 0.6) is 46.0 Å². The van der Waals surface area contributed by atoms with Crippen molar-refractivity contribution in [3.05, 3.63) is 260 Å². The molecule has 27 nitrogen and oxygen atoms in total. The van der Waals surface area contributed by atoms with Gasteiger partial charge in [-0.15, -0.1) is 5.06 Å². The van der Waals surface area contributed by atoms with Gasteiger partial charge < -0.3 is 47.8 Å². The third-order valence-electron chi connectivity index (χ3n) is 23.0. The van der Waals surface area contributed by atoms with E-state index < -0.39 is 23.8 Å². The summed E-state index contributed by atoms with van der Waals surface area (Å²) in [5.74, 6) is 0.483. The monoisotopic (exact) mass is 1650 g/mol. The standard InChI is InChI=1S/C50H43N5O10.C46H40N4O8/c1-29-16-37-39(51-25-34-20-32-8-3-5-10-41(32)53(34)49(37)59)23-43(29)63-27-30-17-31(19-36(18-30)62-15-7-12-48(58)65-55-46(56)13-14-47(55)57)28-64-45-24-40-38(22-44(45)61-2)50(60)54-35(26-52-40)21-33-9-4-6-11-42(33)54;1-27-14-35-37(47-23-32-18-30-8-3-5-10-39(30)49(32)45(35)53)21-41(27)57-25-28-15-29(17-34(16-28)56-13-7-12-44(51)52)26-58-43-22-38-36(20-42(43)55-2)46(54)50-33(24-48-38)19-31-9-4-6-11-40(31)50/h3-6,8-11,16-19,22-26,34-35H,7,12-15,20-21,27-28H2,1-2H3;3-6,8-11,14-17,20-24,32-33H,7,12-13,18-19,25-26H2,1-2H3,(H,51,52)/t34-,35-;32-,33-/m00/s1. The lowest BCUT2D eigenvalue weighted by atomic mass is 10.1. The average Bonchev–Trinajstić information content (AvgIpc) is 1.63. The van der Waals surface area contributed by atoms with Crippen LogP contribution in [0.2, 0.25) is 0 Å². The zero-order valence-electron chi connectivity index (χ0n) is 67.7. The molecule has 0 bridgehead atoms. The molecule has 6 amide bonds. The minimum atomic E-state index is -0.891. The van der Waals surface area contributed by atoms with Crippen molar-refractivity contribution in [2.75, 3.05) is 47.0 Å². The number of benzene rings is 10. The average molecular weight is 1650 g/mol. The summed E-state index contributed by atoms with van der Waals surface area (Å²) in [5, 5.41) is 9.66. The molecule has 0 saturated carbocycles. The van der Waals surface area contributed by atoms with Crippen molar-refractivity contribution < 1.29 is 86.2 Å². The molecule has 1 N–H and O–H groups in total. The SMILES string of the molecule is COc1cc2c(cc1OCc1cc(COc3cc4c(cc3C)C(=O)N3c5ccccc5C[C@H]3C=N4)cc(OCCCC(=O)O)c1)N=C[C@@H]1Cc3ccccc3N1C2=O.COc1cc2c(cc1OCc1cc(COc3cc4c(cc3C)C(=O)N3c5ccccc5C[C@H]3C=N4)cc(OCCCC(=O)ON3C(=O)CCC3=O)c1)N=C[C@@H]1Cc3ccccc3N1C2=O. The first kappa shape index (κ1) is 79.4. The maximum atomic E-state index is 14.0. The van der Waals surface area contributed by atoms with Crippen LogP contribution < -0.4 is 57.5 Å². The van der Waals surface area contributed by atoms with E-state index >= 15 is 0 Å². The van der Waals surface area contributed by atoms with E-state index in [4.69, 9.17) is 67.8 Å². The number of carboxylic acid groups (broad SMARTS) is 1. The van der Waals surface area contributed by atoms with Crippen LogP contribution >= 0.6 is 0 Å². The first-order valence-electron chi connectivity index (χ1n) is 40.7. The van der Waals surface area contributed by atoms with Gasteiger partial charge in [-0.3, -0.25) is 73.1 Å². The molecule has 1 saturated heterocycles. The van der Waals surface area contributed by atoms with Crippen LogP contribution in [0, 0.1) is 13.8 Å². The number of aliphatic imine (C=N–C) groups is 4. The maximum absolute atomic E-state index is 14.0. The molecule has 4 atom stereocenters. The van der Waals surface area contributed by atoms with Gasteiger partial charge in [-0.05, 0) is 167 Å². The number of carbonyl (C=O) groups excluding carboxylic acids is 7. The zero-order chi connectivity index (χ0) is 84.7. The molecule has 9 heterocycles. The number of aliphatic carboxylic acids is 1. The number of imide groups is 1. The van der Waals surface area contributed by atoms with Gasteiger partial charge in [0.2, 0.25) is 0 Å². The maximum Gasteiger partial charge on any atom is 0.333 e. The summed E-state index contributed by atoms with van der Waals surface area (Å²) in [5.41, 5.74) is 16.4. The number of carboxylic acids is 1. The Kier molecular flexibility index (Phi) is 21.8. The van der Waals surface area contributed by atoms with Crippen molar-refractivity contribution in [3.8, 4) is 46.0 Å². The van der Waals surface area contributed by atoms with Crippen LogP contribution in [0.1, 0.15) is 136 Å². The molecule has 0 radical (unpaired) electrons. The number of hydroxylamine groups is 2. The summed E-state index contributed by atoms with van der Waals surface area (Å²) in [6, 6.07) is 56.1. The number of rotatable bonds is 25. The Balaban J connectivity index is 0.000000169. The molecule has 10 aromatic rings. The van der Waals surface area contributed by atoms with Crippen LogP contribution in [-0.4, -0.2) is 134 Å². The van der Waals surface area contributed by atoms with Gasteiger partial charge in [0.25, 0.3) is 35.4 Å². The molecular formula is C96H83N9O18. The predicted molar refractivity (Wildman–Crippen MR) is 458 cm³/mol. The van der Waals surface area contributed by atoms with Gasteiger partial charge in [0.1, 0.15) is 49.4 Å². The van der Waals surface area contributed by atoms with E-state index in [1.54, 1.807) is 46.3 Å². The number of carbonyl (C=O) groups is 8. The number of methoxy groups -OCH3 is 2. The fraction of sp³-hybridized carbons (Fsp3) is 0.250. The topological polar surface area (TPSA) is 305 Å². The highest BCUT2D eigenvalue weighted by Gasteiger charge is 2.42. The molecule has 0 unspecified atom stereocenters. The summed E-state index contributed by atoms with van der Waals surface area (Å²) in [6.07, 6.45) is 10.6. The largest absolute Gasteiger partial charge is 0.494 e. The number of nitrogens with zero attached hydrogens (tertiary/aromatic N) is 9. The van der Waals surface area contributed by atoms with Gasteiger partial charge in [0, 0.05) is 117 Å². The number of aryl methyl sites for hydroxylation is 2. The third kappa shape index (κ3) is 16.0. The summed E-state index contributed by atoms with van der Waals surface area (Å²) in [6.45, 7) is 4.59. The van der Waals surface area contributed by atoms with E-state index in [9.17, 15) is 38.4 Å². The molecule has 9 aliphatic rings. The van der Waals surface area contributed by atoms with Crippen molar-refractivity contribution in [1.82, 2.24) is 5.06 Å². The Labute approximate surface area is 706 Å². The van der Waals surface area contributed by atoms with Crippen LogP contribution in [0.25, 0.3) is 0 Å². The molecule has 123 heavy (non-hydrogen) atoms. The minimum Gasteiger partial charge on any atom is -0.494 e. The molecule has 0 aliphatic carbocycles. The lowest BCUT2D eigenvalue weighted by Crippen LogP contribution is -2.37. The van der Waals surface area contributed by atoms with Crippen molar-refractivity contribution in [2.45, 2.75) is 129 Å². The zero-order valence-corrected chi connectivity index (χ0v) is 67.7. The first-order valence-corrected chi connectivity index (χ1v) is 40.7. The van der Waals surface area contributed by atoms with Gasteiger partial charge in [-0.1, -0.05) is 72.8 Å². The normalized spacial score (nSPS) is 17.4. The predicted octanol–water partition coefficient (Wildman–Crippen LogP) is 15.5. The second-order valence-corrected chi connectivity index (χ2v) is 31.2. The lowest BCUT2D eigenvalue weighted by molar-refractivity contribution is -0.197. The van der Waals surface area contributed by atoms with Crippen molar-refractivity contribution in [3.63, 3.8) is 0 Å². The second kappa shape index (κ2) is 33.8. The van der Waals surface area contributed by atoms with Crippen molar-refractivity contribution in [2.24, 2.45) is 20.0 Å². The number of amides is 6. The molecule has 1 fully saturated rings. The van der Waals surface area contributed by atoms with Crippen LogP contribution in [0.15, 0.2) is 202 Å². The Morgan fingerprint density at radius 1 is 0.374 bits per heavy atom. The number of hydrogen-bond donors (Lipinski definition) is 1. The van der Waals surface area contributed by atoms with E-state index in [1.807, 2.05) is 194 Å². The first-order chi connectivity index (χ1) is 59.8. The highest BCUT2D eigenvalue weighted by Crippen LogP contribution is 2.46. The Morgan fingerprint density at radius 3 is 1.02 bits per heavy atom. The minimum absolute atomic E-state index is 0.0110. The van der Waals surface area contributed by atoms with Crippen LogP contribution in [-0.2, 0) is 76.1 Å². The number of para-hydroxylation sites is 4. The molecule has 0 spiro atoms. The van der Waals surface area contributed by atoms with Gasteiger partial charge in [0.15, 0.2) is 23.0 Å². The Morgan fingerprint density at radius 2 is 0.683 bits per heavy atom.